The predicted octanol–water partition coefficient (Wildman–Crippen LogP) is 2.02. The Kier molecular flexibility index (Phi) is 4.12. The molecule has 16 heavy (non-hydrogen) atoms. The summed E-state index contributed by atoms with van der Waals surface area (Å²) in [5.74, 6) is 0. The van der Waals surface area contributed by atoms with Crippen molar-refractivity contribution in [3.05, 3.63) is 0 Å². The molecule has 1 saturated heterocycles. The third-order valence-electron chi connectivity index (χ3n) is 2.16. The minimum Gasteiger partial charge on any atom is -0.449 e. The molecule has 1 aliphatic heterocycles. The topological polar surface area (TPSA) is 66.9 Å². The molecule has 0 spiro atoms. The second-order valence-corrected chi connectivity index (χ2v) is 3.80. The summed E-state index contributed by atoms with van der Waals surface area (Å²) in [6.45, 7) is 3.83. The fourth-order valence-corrected chi connectivity index (χ4v) is 1.65. The molecule has 1 heterocycles. The third-order valence-corrected chi connectivity index (χ3v) is 2.35. The smallest absolute Gasteiger partial charge is 0.418 e. The van der Waals surface area contributed by atoms with Crippen molar-refractivity contribution in [1.29, 1.82) is 0 Å². The Morgan fingerprint density at radius 3 is 2.62 bits per heavy atom. The summed E-state index contributed by atoms with van der Waals surface area (Å²) in [5.41, 5.74) is 0. The minimum absolute atomic E-state index is 0.111. The first-order valence-electron chi connectivity index (χ1n) is 4.96. The minimum atomic E-state index is -0.886. The van der Waals surface area contributed by atoms with Gasteiger partial charge < -0.3 is 4.74 Å². The van der Waals surface area contributed by atoms with Crippen molar-refractivity contribution in [3.8, 4) is 0 Å². The molecular formula is C9H13ClN2O4. The zero-order chi connectivity index (χ0) is 12.3. The standard InChI is InChI=1S/C9H13ClN2O4/c1-3-4-16-9(15)11-5-6(2)12(7(10)13)8(11)14/h6H,3-5H2,1-2H3. The molecule has 1 unspecified atom stereocenters. The molecule has 0 bridgehead atoms. The van der Waals surface area contributed by atoms with Gasteiger partial charge in [-0.25, -0.2) is 19.4 Å². The number of rotatable bonds is 2. The van der Waals surface area contributed by atoms with E-state index in [0.29, 0.717) is 6.42 Å². The van der Waals surface area contributed by atoms with Crippen LogP contribution in [0.1, 0.15) is 20.3 Å². The lowest BCUT2D eigenvalue weighted by Crippen LogP contribution is -2.38. The fraction of sp³-hybridized carbons (Fsp3) is 0.667. The van der Waals surface area contributed by atoms with E-state index in [-0.39, 0.29) is 13.2 Å². The first kappa shape index (κ1) is 12.8. The second kappa shape index (κ2) is 5.16. The van der Waals surface area contributed by atoms with Crippen molar-refractivity contribution in [3.63, 3.8) is 0 Å². The van der Waals surface area contributed by atoms with Crippen molar-refractivity contribution in [2.75, 3.05) is 13.2 Å². The summed E-state index contributed by atoms with van der Waals surface area (Å²) in [5, 5.41) is -0.886. The highest BCUT2D eigenvalue weighted by molar-refractivity contribution is 6.64. The summed E-state index contributed by atoms with van der Waals surface area (Å²) in [6, 6.07) is -1.15. The predicted molar refractivity (Wildman–Crippen MR) is 56.3 cm³/mol. The number of ether oxygens (including phenoxy) is 1. The van der Waals surface area contributed by atoms with Crippen LogP contribution in [0.2, 0.25) is 0 Å². The molecular weight excluding hydrogens is 236 g/mol. The average Bonchev–Trinajstić information content (AvgIpc) is 2.50. The van der Waals surface area contributed by atoms with Crippen LogP contribution in [0.5, 0.6) is 0 Å². The van der Waals surface area contributed by atoms with Crippen molar-refractivity contribution >= 4 is 29.1 Å². The SMILES string of the molecule is CCCOC(=O)N1CC(C)N(C(=O)Cl)C1=O. The number of amides is 4. The molecule has 6 nitrogen and oxygen atoms in total. The van der Waals surface area contributed by atoms with E-state index < -0.39 is 23.5 Å². The molecule has 0 N–H and O–H groups in total. The maximum atomic E-state index is 11.6. The van der Waals surface area contributed by atoms with Crippen LogP contribution in [0.3, 0.4) is 0 Å². The maximum absolute atomic E-state index is 11.6. The number of hydrogen-bond donors (Lipinski definition) is 0. The van der Waals surface area contributed by atoms with Crippen LogP contribution in [-0.4, -0.2) is 46.5 Å². The lowest BCUT2D eigenvalue weighted by atomic mass is 10.3. The fourth-order valence-electron chi connectivity index (χ4n) is 1.41. The van der Waals surface area contributed by atoms with Gasteiger partial charge in [0, 0.05) is 0 Å². The number of halogens is 1. The Morgan fingerprint density at radius 2 is 2.19 bits per heavy atom. The number of hydrogen-bond acceptors (Lipinski definition) is 4. The average molecular weight is 249 g/mol. The molecule has 90 valence electrons. The van der Waals surface area contributed by atoms with Crippen LogP contribution in [0.15, 0.2) is 0 Å². The largest absolute Gasteiger partial charge is 0.449 e. The van der Waals surface area contributed by atoms with Gasteiger partial charge in [0.05, 0.1) is 19.2 Å². The second-order valence-electron chi connectivity index (χ2n) is 3.48. The molecule has 0 aromatic rings. The normalized spacial score (nSPS) is 20.2. The highest BCUT2D eigenvalue weighted by atomic mass is 35.5. The van der Waals surface area contributed by atoms with Crippen molar-refractivity contribution in [2.45, 2.75) is 26.3 Å². The Balaban J connectivity index is 2.68. The summed E-state index contributed by atoms with van der Waals surface area (Å²) < 4.78 is 4.81. The Morgan fingerprint density at radius 1 is 1.56 bits per heavy atom. The van der Waals surface area contributed by atoms with Gasteiger partial charge in [-0.2, -0.15) is 0 Å². The molecule has 0 saturated carbocycles. The van der Waals surface area contributed by atoms with Crippen LogP contribution in [0.4, 0.5) is 14.4 Å². The lowest BCUT2D eigenvalue weighted by molar-refractivity contribution is 0.115. The van der Waals surface area contributed by atoms with E-state index >= 15 is 0 Å². The summed E-state index contributed by atoms with van der Waals surface area (Å²) in [4.78, 5) is 35.7. The zero-order valence-corrected chi connectivity index (χ0v) is 9.86. The quantitative estimate of drug-likeness (QED) is 0.554. The molecule has 7 heteroatoms. The summed E-state index contributed by atoms with van der Waals surface area (Å²) >= 11 is 5.24. The van der Waals surface area contributed by atoms with Crippen molar-refractivity contribution in [2.24, 2.45) is 0 Å². The van der Waals surface area contributed by atoms with Crippen molar-refractivity contribution in [1.82, 2.24) is 9.80 Å². The number of nitrogens with zero attached hydrogens (tertiary/aromatic N) is 2. The van der Waals surface area contributed by atoms with Gasteiger partial charge in [-0.05, 0) is 24.9 Å². The Labute approximate surface area is 98.1 Å². The molecule has 1 atom stereocenters. The van der Waals surface area contributed by atoms with Crippen LogP contribution in [-0.2, 0) is 4.74 Å². The molecule has 4 amide bonds. The van der Waals surface area contributed by atoms with E-state index in [0.717, 1.165) is 9.80 Å². The van der Waals surface area contributed by atoms with Gasteiger partial charge in [0.15, 0.2) is 0 Å². The van der Waals surface area contributed by atoms with Crippen LogP contribution in [0, 0.1) is 0 Å². The first-order valence-corrected chi connectivity index (χ1v) is 5.33. The highest BCUT2D eigenvalue weighted by Crippen LogP contribution is 2.18. The van der Waals surface area contributed by atoms with Crippen LogP contribution >= 0.6 is 11.6 Å². The monoisotopic (exact) mass is 248 g/mol. The summed E-state index contributed by atoms with van der Waals surface area (Å²) in [6.07, 6.45) is -0.0688. The highest BCUT2D eigenvalue weighted by Gasteiger charge is 2.42. The van der Waals surface area contributed by atoms with Gasteiger partial charge in [-0.1, -0.05) is 6.92 Å². The van der Waals surface area contributed by atoms with E-state index in [4.69, 9.17) is 16.3 Å². The molecule has 0 aromatic carbocycles. The van der Waals surface area contributed by atoms with E-state index in [1.807, 2.05) is 6.92 Å². The zero-order valence-electron chi connectivity index (χ0n) is 9.10. The van der Waals surface area contributed by atoms with Gasteiger partial charge in [0.25, 0.3) is 0 Å². The van der Waals surface area contributed by atoms with Crippen molar-refractivity contribution < 1.29 is 19.1 Å². The Hall–Kier alpha value is -1.30. The van der Waals surface area contributed by atoms with E-state index in [1.165, 1.54) is 0 Å². The number of imide groups is 2. The molecule has 0 aromatic heterocycles. The van der Waals surface area contributed by atoms with Gasteiger partial charge >= 0.3 is 17.5 Å². The summed E-state index contributed by atoms with van der Waals surface area (Å²) in [7, 11) is 0. The number of carbonyl (C=O) groups is 3. The molecule has 1 rings (SSSR count). The van der Waals surface area contributed by atoms with Crippen LogP contribution < -0.4 is 0 Å². The molecule has 0 aliphatic carbocycles. The van der Waals surface area contributed by atoms with Gasteiger partial charge in [0.1, 0.15) is 0 Å². The van der Waals surface area contributed by atoms with E-state index in [9.17, 15) is 14.4 Å². The van der Waals surface area contributed by atoms with Gasteiger partial charge in [-0.15, -0.1) is 0 Å². The maximum Gasteiger partial charge on any atom is 0.418 e. The first-order chi connectivity index (χ1) is 7.49. The van der Waals surface area contributed by atoms with Gasteiger partial charge in [-0.3, -0.25) is 4.79 Å². The van der Waals surface area contributed by atoms with E-state index in [1.54, 1.807) is 6.92 Å². The Bertz CT molecular complexity index is 321. The number of carbonyl (C=O) groups excluding carboxylic acids is 3. The number of urea groups is 1. The van der Waals surface area contributed by atoms with E-state index in [2.05, 4.69) is 0 Å². The molecule has 0 radical (unpaired) electrons. The molecule has 1 fully saturated rings. The van der Waals surface area contributed by atoms with Gasteiger partial charge in [0.2, 0.25) is 0 Å². The third kappa shape index (κ3) is 2.44. The lowest BCUT2D eigenvalue weighted by Gasteiger charge is -2.14. The van der Waals surface area contributed by atoms with Crippen LogP contribution in [0.25, 0.3) is 0 Å². The molecule has 1 aliphatic rings.